The number of benzene rings is 1. The third-order valence-corrected chi connectivity index (χ3v) is 7.03. The quantitative estimate of drug-likeness (QED) is 0.708. The van der Waals surface area contributed by atoms with Crippen molar-refractivity contribution in [3.05, 3.63) is 33.8 Å². The maximum atomic E-state index is 6.34. The van der Waals surface area contributed by atoms with Crippen LogP contribution in [0.2, 0.25) is 11.6 Å². The molecule has 3 heteroatoms. The van der Waals surface area contributed by atoms with Crippen LogP contribution in [0.3, 0.4) is 0 Å². The Morgan fingerprint density at radius 3 is 2.71 bits per heavy atom. The van der Waals surface area contributed by atoms with E-state index in [0.29, 0.717) is 11.1 Å². The molecule has 0 saturated heterocycles. The van der Waals surface area contributed by atoms with Crippen molar-refractivity contribution < 1.29 is 4.43 Å². The molecule has 1 aliphatic carbocycles. The first-order valence-electron chi connectivity index (χ1n) is 6.17. The number of rotatable bonds is 2. The Hall–Kier alpha value is -0.123. The topological polar surface area (TPSA) is 9.23 Å². The van der Waals surface area contributed by atoms with E-state index in [9.17, 15) is 0 Å². The Labute approximate surface area is 114 Å². The third-order valence-electron chi connectivity index (χ3n) is 3.53. The summed E-state index contributed by atoms with van der Waals surface area (Å²) in [6.45, 7) is 9.11. The van der Waals surface area contributed by atoms with Crippen molar-refractivity contribution in [2.45, 2.75) is 51.3 Å². The zero-order chi connectivity index (χ0) is 12.6. The fourth-order valence-electron chi connectivity index (χ4n) is 2.08. The lowest BCUT2D eigenvalue weighted by atomic mass is 10.1. The van der Waals surface area contributed by atoms with Crippen LogP contribution in [-0.2, 0) is 10.8 Å². The largest absolute Gasteiger partial charge is 0.409 e. The second kappa shape index (κ2) is 4.86. The highest BCUT2D eigenvalue weighted by molar-refractivity contribution is 9.10. The van der Waals surface area contributed by atoms with Gasteiger partial charge in [-0.2, -0.15) is 0 Å². The molecule has 0 aliphatic heterocycles. The summed E-state index contributed by atoms with van der Waals surface area (Å²) < 4.78 is 7.58. The Bertz CT molecular complexity index is 411. The minimum Gasteiger partial charge on any atom is -0.409 e. The highest BCUT2D eigenvalue weighted by Gasteiger charge is 2.31. The van der Waals surface area contributed by atoms with E-state index >= 15 is 0 Å². The van der Waals surface area contributed by atoms with E-state index in [1.807, 2.05) is 0 Å². The van der Waals surface area contributed by atoms with Gasteiger partial charge >= 0.3 is 0 Å². The molecule has 0 heterocycles. The fraction of sp³-hybridized carbons (Fsp3) is 0.571. The number of halogens is 1. The van der Waals surface area contributed by atoms with Gasteiger partial charge < -0.3 is 4.43 Å². The summed E-state index contributed by atoms with van der Waals surface area (Å²) in [5, 5.41) is 0.305. The van der Waals surface area contributed by atoms with E-state index in [2.05, 4.69) is 61.4 Å². The van der Waals surface area contributed by atoms with E-state index < -0.39 is 9.04 Å². The summed E-state index contributed by atoms with van der Waals surface area (Å²) in [6.07, 6.45) is 2.59. The minimum absolute atomic E-state index is 0.305. The molecule has 0 bridgehead atoms. The van der Waals surface area contributed by atoms with E-state index in [1.165, 1.54) is 15.6 Å². The molecule has 1 aromatic carbocycles. The van der Waals surface area contributed by atoms with Gasteiger partial charge in [-0.05, 0) is 41.6 Å². The highest BCUT2D eigenvalue weighted by atomic mass is 79.9. The van der Waals surface area contributed by atoms with Gasteiger partial charge in [0.25, 0.3) is 0 Å². The molecular weight excluding hydrogens is 292 g/mol. The van der Waals surface area contributed by atoms with Gasteiger partial charge in [0, 0.05) is 4.47 Å². The first kappa shape index (κ1) is 13.3. The zero-order valence-electron chi connectivity index (χ0n) is 11.0. The van der Waals surface area contributed by atoms with Crippen molar-refractivity contribution >= 4 is 25.0 Å². The Morgan fingerprint density at radius 2 is 2.06 bits per heavy atom. The third kappa shape index (κ3) is 2.83. The lowest BCUT2D eigenvalue weighted by Crippen LogP contribution is -2.27. The van der Waals surface area contributed by atoms with Gasteiger partial charge in [-0.3, -0.25) is 0 Å². The molecule has 0 unspecified atom stereocenters. The van der Waals surface area contributed by atoms with Crippen LogP contribution in [-0.4, -0.2) is 9.04 Å². The maximum Gasteiger partial charge on any atom is 0.214 e. The standard InChI is InChI=1S/C14H20BrOSi/c1-14(2,3)17(4)16-13-9-8-10-11(13)6-5-7-12(10)15/h5-7,13H,8-9H2,1-4H3/t13-/m0/s1. The van der Waals surface area contributed by atoms with Crippen LogP contribution in [0.15, 0.2) is 22.7 Å². The van der Waals surface area contributed by atoms with Gasteiger partial charge in [0.15, 0.2) is 0 Å². The Morgan fingerprint density at radius 1 is 1.35 bits per heavy atom. The average molecular weight is 312 g/mol. The molecule has 1 aliphatic rings. The Balaban J connectivity index is 2.15. The van der Waals surface area contributed by atoms with Gasteiger partial charge in [-0.15, -0.1) is 0 Å². The van der Waals surface area contributed by atoms with E-state index in [1.54, 1.807) is 0 Å². The molecule has 0 saturated carbocycles. The van der Waals surface area contributed by atoms with Crippen LogP contribution in [0.5, 0.6) is 0 Å². The van der Waals surface area contributed by atoms with Crippen molar-refractivity contribution in [1.29, 1.82) is 0 Å². The molecule has 1 radical (unpaired) electrons. The molecule has 0 N–H and O–H groups in total. The van der Waals surface area contributed by atoms with Gasteiger partial charge in [0.2, 0.25) is 9.04 Å². The number of hydrogen-bond acceptors (Lipinski definition) is 1. The van der Waals surface area contributed by atoms with Crippen LogP contribution in [0, 0.1) is 0 Å². The number of hydrogen-bond donors (Lipinski definition) is 0. The van der Waals surface area contributed by atoms with Crippen molar-refractivity contribution in [3.63, 3.8) is 0 Å². The van der Waals surface area contributed by atoms with Crippen LogP contribution in [0.25, 0.3) is 0 Å². The van der Waals surface area contributed by atoms with Gasteiger partial charge in [-0.1, -0.05) is 48.8 Å². The van der Waals surface area contributed by atoms with Gasteiger partial charge in [-0.25, -0.2) is 0 Å². The van der Waals surface area contributed by atoms with Crippen molar-refractivity contribution in [3.8, 4) is 0 Å². The molecule has 1 atom stereocenters. The summed E-state index contributed by atoms with van der Waals surface area (Å²) in [7, 11) is -0.758. The van der Waals surface area contributed by atoms with Gasteiger partial charge in [0.05, 0.1) is 6.10 Å². The molecule has 2 rings (SSSR count). The molecular formula is C14H20BrOSi. The summed E-state index contributed by atoms with van der Waals surface area (Å²) in [5.74, 6) is 0. The molecule has 17 heavy (non-hydrogen) atoms. The van der Waals surface area contributed by atoms with E-state index in [0.717, 1.165) is 12.8 Å². The normalized spacial score (nSPS) is 19.8. The molecule has 1 nitrogen and oxygen atoms in total. The SMILES string of the molecule is C[Si](O[C@H]1CCc2c(Br)cccc21)C(C)(C)C. The van der Waals surface area contributed by atoms with Crippen LogP contribution in [0.4, 0.5) is 0 Å². The molecule has 1 aromatic rings. The lowest BCUT2D eigenvalue weighted by molar-refractivity contribution is 0.198. The smallest absolute Gasteiger partial charge is 0.214 e. The maximum absolute atomic E-state index is 6.34. The van der Waals surface area contributed by atoms with Crippen molar-refractivity contribution in [1.82, 2.24) is 0 Å². The summed E-state index contributed by atoms with van der Waals surface area (Å²) >= 11 is 3.63. The fourth-order valence-corrected chi connectivity index (χ4v) is 3.69. The van der Waals surface area contributed by atoms with E-state index in [4.69, 9.17) is 4.43 Å². The highest BCUT2D eigenvalue weighted by Crippen LogP contribution is 2.40. The van der Waals surface area contributed by atoms with Gasteiger partial charge in [0.1, 0.15) is 0 Å². The molecule has 0 spiro atoms. The second-order valence-electron chi connectivity index (χ2n) is 5.76. The first-order chi connectivity index (χ1) is 7.89. The summed E-state index contributed by atoms with van der Waals surface area (Å²) in [4.78, 5) is 0. The van der Waals surface area contributed by atoms with Crippen molar-refractivity contribution in [2.75, 3.05) is 0 Å². The average Bonchev–Trinajstić information content (AvgIpc) is 2.62. The summed E-state index contributed by atoms with van der Waals surface area (Å²) in [6, 6.07) is 6.46. The van der Waals surface area contributed by atoms with Crippen LogP contribution >= 0.6 is 15.9 Å². The van der Waals surface area contributed by atoms with Crippen LogP contribution in [0.1, 0.15) is 44.4 Å². The molecule has 0 aromatic heterocycles. The monoisotopic (exact) mass is 311 g/mol. The predicted octanol–water partition coefficient (Wildman–Crippen LogP) is 4.87. The molecule has 0 amide bonds. The minimum atomic E-state index is -0.758. The first-order valence-corrected chi connectivity index (χ1v) is 8.87. The zero-order valence-corrected chi connectivity index (χ0v) is 13.6. The van der Waals surface area contributed by atoms with E-state index in [-0.39, 0.29) is 0 Å². The molecule has 0 fully saturated rings. The van der Waals surface area contributed by atoms with Crippen LogP contribution < -0.4 is 0 Å². The Kier molecular flexibility index (Phi) is 3.81. The lowest BCUT2D eigenvalue weighted by Gasteiger charge is -2.28. The van der Waals surface area contributed by atoms with Crippen molar-refractivity contribution in [2.24, 2.45) is 0 Å². The second-order valence-corrected chi connectivity index (χ2v) is 9.46. The summed E-state index contributed by atoms with van der Waals surface area (Å²) in [5.41, 5.74) is 2.84. The number of fused-ring (bicyclic) bond motifs is 1. The molecule has 93 valence electrons. The predicted molar refractivity (Wildman–Crippen MR) is 77.6 cm³/mol.